The largest absolute Gasteiger partial charge is 0.496 e. The molecule has 0 saturated carbocycles. The summed E-state index contributed by atoms with van der Waals surface area (Å²) >= 11 is 0. The number of ether oxygens (including phenoxy) is 1. The van der Waals surface area contributed by atoms with Gasteiger partial charge >= 0.3 is 0 Å². The molecule has 0 spiro atoms. The van der Waals surface area contributed by atoms with Crippen LogP contribution in [0.15, 0.2) is 66.7 Å². The van der Waals surface area contributed by atoms with Crippen LogP contribution < -0.4 is 9.64 Å². The van der Waals surface area contributed by atoms with Crippen LogP contribution in [0.2, 0.25) is 0 Å². The van der Waals surface area contributed by atoms with Crippen LogP contribution in [-0.4, -0.2) is 36.8 Å². The summed E-state index contributed by atoms with van der Waals surface area (Å²) in [5, 5.41) is 0. The normalized spacial score (nSPS) is 12.7. The van der Waals surface area contributed by atoms with Crippen LogP contribution >= 0.6 is 0 Å². The van der Waals surface area contributed by atoms with E-state index in [1.807, 2.05) is 31.2 Å². The molecule has 0 aliphatic carbocycles. The molecule has 4 rings (SSSR count). The first-order valence-corrected chi connectivity index (χ1v) is 9.87. The molecule has 0 saturated heterocycles. The first kappa shape index (κ1) is 20.3. The lowest BCUT2D eigenvalue weighted by molar-refractivity contribution is 0.0642. The second-order valence-electron chi connectivity index (χ2n) is 7.48. The Balaban J connectivity index is 1.63. The van der Waals surface area contributed by atoms with Crippen molar-refractivity contribution >= 4 is 23.4 Å². The van der Waals surface area contributed by atoms with Gasteiger partial charge in [-0.1, -0.05) is 30.3 Å². The Labute approximate surface area is 180 Å². The van der Waals surface area contributed by atoms with E-state index in [1.165, 1.54) is 12.0 Å². The third-order valence-corrected chi connectivity index (χ3v) is 5.41. The van der Waals surface area contributed by atoms with Gasteiger partial charge in [0.05, 0.1) is 30.3 Å². The quantitative estimate of drug-likeness (QED) is 0.590. The van der Waals surface area contributed by atoms with Gasteiger partial charge in [0.2, 0.25) is 0 Å². The Hall–Kier alpha value is -3.93. The van der Waals surface area contributed by atoms with Gasteiger partial charge in [0, 0.05) is 12.7 Å². The van der Waals surface area contributed by atoms with E-state index in [9.17, 15) is 14.4 Å². The van der Waals surface area contributed by atoms with Gasteiger partial charge in [-0.05, 0) is 54.4 Å². The van der Waals surface area contributed by atoms with E-state index in [4.69, 9.17) is 4.74 Å². The van der Waals surface area contributed by atoms with E-state index < -0.39 is 0 Å². The Morgan fingerprint density at radius 1 is 0.935 bits per heavy atom. The van der Waals surface area contributed by atoms with Crippen LogP contribution in [0.4, 0.5) is 5.69 Å². The van der Waals surface area contributed by atoms with E-state index in [0.29, 0.717) is 28.0 Å². The van der Waals surface area contributed by atoms with Gasteiger partial charge < -0.3 is 9.64 Å². The molecule has 6 heteroatoms. The molecule has 0 fully saturated rings. The fourth-order valence-electron chi connectivity index (χ4n) is 3.72. The van der Waals surface area contributed by atoms with Crippen molar-refractivity contribution in [2.75, 3.05) is 19.1 Å². The number of hydrogen-bond donors (Lipinski definition) is 0. The zero-order valence-corrected chi connectivity index (χ0v) is 17.6. The third-order valence-electron chi connectivity index (χ3n) is 5.41. The van der Waals surface area contributed by atoms with Crippen molar-refractivity contribution in [3.8, 4) is 5.75 Å². The minimum Gasteiger partial charge on any atom is -0.496 e. The highest BCUT2D eigenvalue weighted by atomic mass is 16.5. The highest BCUT2D eigenvalue weighted by Gasteiger charge is 2.35. The van der Waals surface area contributed by atoms with Crippen LogP contribution in [0.5, 0.6) is 5.75 Å². The molecule has 0 atom stereocenters. The summed E-state index contributed by atoms with van der Waals surface area (Å²) in [5.41, 5.74) is 3.63. The highest BCUT2D eigenvalue weighted by Crippen LogP contribution is 2.28. The molecule has 6 nitrogen and oxygen atoms in total. The van der Waals surface area contributed by atoms with E-state index >= 15 is 0 Å². The average Bonchev–Trinajstić information content (AvgIpc) is 3.03. The van der Waals surface area contributed by atoms with Gasteiger partial charge in [0.15, 0.2) is 0 Å². The number of imide groups is 1. The standard InChI is InChI=1S/C25H22N2O4/c1-16-7-6-8-18(13-16)26(2)23(28)21-14-17(11-12-22(21)31-3)15-27-24(29)19-9-4-5-10-20(19)25(27)30/h4-14H,15H2,1-3H3. The van der Waals surface area contributed by atoms with E-state index in [-0.39, 0.29) is 24.3 Å². The number of fused-ring (bicyclic) bond motifs is 1. The van der Waals surface area contributed by atoms with Crippen LogP contribution in [-0.2, 0) is 6.54 Å². The summed E-state index contributed by atoms with van der Waals surface area (Å²) < 4.78 is 5.40. The summed E-state index contributed by atoms with van der Waals surface area (Å²) in [6.07, 6.45) is 0. The maximum absolute atomic E-state index is 13.2. The number of carbonyl (C=O) groups excluding carboxylic acids is 3. The number of carbonyl (C=O) groups is 3. The monoisotopic (exact) mass is 414 g/mol. The maximum Gasteiger partial charge on any atom is 0.261 e. The van der Waals surface area contributed by atoms with Gasteiger partial charge in [-0.3, -0.25) is 19.3 Å². The zero-order chi connectivity index (χ0) is 22.1. The Bertz CT molecular complexity index is 1170. The second-order valence-corrected chi connectivity index (χ2v) is 7.48. The van der Waals surface area contributed by atoms with Gasteiger partial charge in [-0.15, -0.1) is 0 Å². The minimum absolute atomic E-state index is 0.0742. The van der Waals surface area contributed by atoms with Crippen molar-refractivity contribution in [2.45, 2.75) is 13.5 Å². The van der Waals surface area contributed by atoms with Crippen LogP contribution in [0.25, 0.3) is 0 Å². The van der Waals surface area contributed by atoms with E-state index in [1.54, 1.807) is 54.4 Å². The molecule has 1 aliphatic rings. The number of anilines is 1. The number of benzene rings is 3. The molecule has 1 heterocycles. The summed E-state index contributed by atoms with van der Waals surface area (Å²) in [5.74, 6) is -0.482. The van der Waals surface area contributed by atoms with Crippen molar-refractivity contribution in [2.24, 2.45) is 0 Å². The number of rotatable bonds is 5. The van der Waals surface area contributed by atoms with Gasteiger partial charge in [0.1, 0.15) is 5.75 Å². The number of nitrogens with zero attached hydrogens (tertiary/aromatic N) is 2. The van der Waals surface area contributed by atoms with Crippen molar-refractivity contribution in [1.82, 2.24) is 4.90 Å². The lowest BCUT2D eigenvalue weighted by Crippen LogP contribution is -2.30. The summed E-state index contributed by atoms with van der Waals surface area (Å²) in [4.78, 5) is 41.4. The van der Waals surface area contributed by atoms with E-state index in [2.05, 4.69) is 0 Å². The van der Waals surface area contributed by atoms with Crippen molar-refractivity contribution < 1.29 is 19.1 Å². The summed E-state index contributed by atoms with van der Waals surface area (Å²) in [6, 6.07) is 19.5. The van der Waals surface area contributed by atoms with Gasteiger partial charge in [-0.25, -0.2) is 0 Å². The number of amides is 3. The Morgan fingerprint density at radius 2 is 1.61 bits per heavy atom. The van der Waals surface area contributed by atoms with Gasteiger partial charge in [0.25, 0.3) is 17.7 Å². The molecule has 0 radical (unpaired) electrons. The summed E-state index contributed by atoms with van der Waals surface area (Å²) in [7, 11) is 3.20. The number of hydrogen-bond acceptors (Lipinski definition) is 4. The maximum atomic E-state index is 13.2. The van der Waals surface area contributed by atoms with Crippen molar-refractivity contribution in [3.05, 3.63) is 94.5 Å². The van der Waals surface area contributed by atoms with Crippen molar-refractivity contribution in [3.63, 3.8) is 0 Å². The van der Waals surface area contributed by atoms with Crippen LogP contribution in [0.3, 0.4) is 0 Å². The Kier molecular flexibility index (Phi) is 5.29. The van der Waals surface area contributed by atoms with E-state index in [0.717, 1.165) is 11.3 Å². The first-order valence-electron chi connectivity index (χ1n) is 9.87. The molecule has 0 unspecified atom stereocenters. The molecule has 1 aliphatic heterocycles. The molecule has 156 valence electrons. The molecule has 3 aromatic carbocycles. The highest BCUT2D eigenvalue weighted by molar-refractivity contribution is 6.21. The number of methoxy groups -OCH3 is 1. The lowest BCUT2D eigenvalue weighted by Gasteiger charge is -2.20. The fraction of sp³-hybridized carbons (Fsp3) is 0.160. The molecular formula is C25H22N2O4. The predicted octanol–water partition coefficient (Wildman–Crippen LogP) is 4.08. The molecule has 31 heavy (non-hydrogen) atoms. The number of aryl methyl sites for hydroxylation is 1. The lowest BCUT2D eigenvalue weighted by atomic mass is 10.1. The first-order chi connectivity index (χ1) is 14.9. The van der Waals surface area contributed by atoms with Crippen LogP contribution in [0.1, 0.15) is 42.2 Å². The average molecular weight is 414 g/mol. The molecule has 0 aromatic heterocycles. The van der Waals surface area contributed by atoms with Crippen molar-refractivity contribution in [1.29, 1.82) is 0 Å². The predicted molar refractivity (Wildman–Crippen MR) is 118 cm³/mol. The SMILES string of the molecule is COc1ccc(CN2C(=O)c3ccccc3C2=O)cc1C(=O)N(C)c1cccc(C)c1. The molecule has 3 aromatic rings. The topological polar surface area (TPSA) is 66.9 Å². The minimum atomic E-state index is -0.332. The van der Waals surface area contributed by atoms with Crippen LogP contribution in [0, 0.1) is 6.92 Å². The molecule has 3 amide bonds. The Morgan fingerprint density at radius 3 is 2.23 bits per heavy atom. The summed E-state index contributed by atoms with van der Waals surface area (Å²) in [6.45, 7) is 2.04. The van der Waals surface area contributed by atoms with Gasteiger partial charge in [-0.2, -0.15) is 0 Å². The fourth-order valence-corrected chi connectivity index (χ4v) is 3.72. The molecule has 0 bridgehead atoms. The smallest absolute Gasteiger partial charge is 0.261 e. The molecular weight excluding hydrogens is 392 g/mol. The molecule has 0 N–H and O–H groups in total. The second kappa shape index (κ2) is 8.07. The third kappa shape index (κ3) is 3.68. The zero-order valence-electron chi connectivity index (χ0n) is 17.6.